The van der Waals surface area contributed by atoms with Crippen molar-refractivity contribution in [3.63, 3.8) is 0 Å². The van der Waals surface area contributed by atoms with Crippen LogP contribution in [0.15, 0.2) is 30.3 Å². The molecule has 2 rings (SSSR count). The van der Waals surface area contributed by atoms with Gasteiger partial charge in [-0.05, 0) is 37.2 Å². The first-order valence-corrected chi connectivity index (χ1v) is 5.81. The summed E-state index contributed by atoms with van der Waals surface area (Å²) in [6.45, 7) is 0. The Balaban J connectivity index is 2.04. The Bertz CT molecular complexity index is 371. The Morgan fingerprint density at radius 1 is 1.25 bits per heavy atom. The van der Waals surface area contributed by atoms with Gasteiger partial charge in [-0.2, -0.15) is 5.26 Å². The summed E-state index contributed by atoms with van der Waals surface area (Å²) in [7, 11) is 1.64. The highest BCUT2D eigenvalue weighted by atomic mass is 16.5. The van der Waals surface area contributed by atoms with Crippen LogP contribution in [0.2, 0.25) is 0 Å². The monoisotopic (exact) mass is 215 g/mol. The molecular formula is C14H17NO. The molecule has 2 heteroatoms. The van der Waals surface area contributed by atoms with E-state index in [0.29, 0.717) is 5.92 Å². The summed E-state index contributed by atoms with van der Waals surface area (Å²) in [5.41, 5.74) is 0.871. The molecule has 0 saturated heterocycles. The van der Waals surface area contributed by atoms with Gasteiger partial charge in [0.1, 0.15) is 0 Å². The fraction of sp³-hybridized carbons (Fsp3) is 0.500. The molecule has 0 amide bonds. The highest BCUT2D eigenvalue weighted by Crippen LogP contribution is 2.39. The number of hydrogen-bond donors (Lipinski definition) is 0. The number of ether oxygens (including phenoxy) is 1. The van der Waals surface area contributed by atoms with E-state index >= 15 is 0 Å². The normalized spacial score (nSPS) is 29.6. The molecule has 0 spiro atoms. The lowest BCUT2D eigenvalue weighted by Gasteiger charge is -2.33. The van der Waals surface area contributed by atoms with Gasteiger partial charge >= 0.3 is 0 Å². The van der Waals surface area contributed by atoms with Crippen LogP contribution in [0.4, 0.5) is 0 Å². The minimum absolute atomic E-state index is 0.523. The topological polar surface area (TPSA) is 33.0 Å². The molecule has 0 aliphatic heterocycles. The van der Waals surface area contributed by atoms with E-state index in [-0.39, 0.29) is 0 Å². The van der Waals surface area contributed by atoms with Crippen molar-refractivity contribution in [1.29, 1.82) is 5.26 Å². The fourth-order valence-corrected chi connectivity index (χ4v) is 2.50. The minimum Gasteiger partial charge on any atom is -0.363 e. The first-order chi connectivity index (χ1) is 7.79. The zero-order chi connectivity index (χ0) is 11.4. The first kappa shape index (κ1) is 11.2. The number of rotatable bonds is 2. The van der Waals surface area contributed by atoms with Crippen molar-refractivity contribution in [1.82, 2.24) is 0 Å². The van der Waals surface area contributed by atoms with E-state index in [9.17, 15) is 0 Å². The van der Waals surface area contributed by atoms with Gasteiger partial charge in [0, 0.05) is 7.11 Å². The van der Waals surface area contributed by atoms with E-state index in [2.05, 4.69) is 30.3 Å². The van der Waals surface area contributed by atoms with Crippen molar-refractivity contribution in [3.05, 3.63) is 35.9 Å². The predicted octanol–water partition coefficient (Wildman–Crippen LogP) is 3.25. The van der Waals surface area contributed by atoms with Crippen molar-refractivity contribution in [2.24, 2.45) is 0 Å². The molecule has 16 heavy (non-hydrogen) atoms. The molecule has 1 aromatic carbocycles. The Morgan fingerprint density at radius 2 is 1.88 bits per heavy atom. The van der Waals surface area contributed by atoms with Gasteiger partial charge in [0.2, 0.25) is 0 Å². The van der Waals surface area contributed by atoms with E-state index in [1.165, 1.54) is 5.56 Å². The number of nitrogens with zero attached hydrogens (tertiary/aromatic N) is 1. The van der Waals surface area contributed by atoms with Crippen LogP contribution in [-0.2, 0) is 4.74 Å². The van der Waals surface area contributed by atoms with Crippen LogP contribution < -0.4 is 0 Å². The SMILES string of the molecule is COC1(C#N)CCC(c2ccccc2)CC1. The standard InChI is InChI=1S/C14H17NO/c1-16-14(11-15)9-7-13(8-10-14)12-5-3-2-4-6-12/h2-6,13H,7-10H2,1H3. The minimum atomic E-state index is -0.523. The maximum Gasteiger partial charge on any atom is 0.153 e. The van der Waals surface area contributed by atoms with Gasteiger partial charge in [-0.25, -0.2) is 0 Å². The molecule has 0 bridgehead atoms. The second kappa shape index (κ2) is 4.67. The Labute approximate surface area is 96.9 Å². The Morgan fingerprint density at radius 3 is 2.38 bits per heavy atom. The molecule has 0 radical (unpaired) electrons. The largest absolute Gasteiger partial charge is 0.363 e. The molecule has 1 fully saturated rings. The summed E-state index contributed by atoms with van der Waals surface area (Å²) in [5.74, 6) is 0.595. The molecule has 1 aliphatic rings. The van der Waals surface area contributed by atoms with Gasteiger partial charge in [-0.3, -0.25) is 0 Å². The van der Waals surface area contributed by atoms with Crippen molar-refractivity contribution in [2.75, 3.05) is 7.11 Å². The average molecular weight is 215 g/mol. The van der Waals surface area contributed by atoms with Crippen molar-refractivity contribution in [2.45, 2.75) is 37.2 Å². The molecule has 1 saturated carbocycles. The lowest BCUT2D eigenvalue weighted by molar-refractivity contribution is 0.00435. The van der Waals surface area contributed by atoms with E-state index in [4.69, 9.17) is 10.00 Å². The number of benzene rings is 1. The smallest absolute Gasteiger partial charge is 0.153 e. The van der Waals surface area contributed by atoms with Gasteiger partial charge in [0.05, 0.1) is 6.07 Å². The first-order valence-electron chi connectivity index (χ1n) is 5.81. The van der Waals surface area contributed by atoms with Crippen LogP contribution in [0.3, 0.4) is 0 Å². The summed E-state index contributed by atoms with van der Waals surface area (Å²) >= 11 is 0. The van der Waals surface area contributed by atoms with Gasteiger partial charge in [0.25, 0.3) is 0 Å². The predicted molar refractivity (Wildman–Crippen MR) is 63.0 cm³/mol. The third kappa shape index (κ3) is 2.10. The quantitative estimate of drug-likeness (QED) is 0.758. The van der Waals surface area contributed by atoms with Crippen molar-refractivity contribution < 1.29 is 4.74 Å². The molecule has 1 aromatic rings. The Hall–Kier alpha value is -1.33. The Kier molecular flexibility index (Phi) is 3.26. The van der Waals surface area contributed by atoms with Crippen LogP contribution >= 0.6 is 0 Å². The molecule has 0 unspecified atom stereocenters. The maximum absolute atomic E-state index is 9.12. The maximum atomic E-state index is 9.12. The van der Waals surface area contributed by atoms with Crippen LogP contribution in [0.25, 0.3) is 0 Å². The third-order valence-corrected chi connectivity index (χ3v) is 3.66. The van der Waals surface area contributed by atoms with Crippen molar-refractivity contribution in [3.8, 4) is 6.07 Å². The average Bonchev–Trinajstić information content (AvgIpc) is 2.40. The van der Waals surface area contributed by atoms with Gasteiger partial charge in [-0.1, -0.05) is 30.3 Å². The highest BCUT2D eigenvalue weighted by Gasteiger charge is 2.35. The molecule has 84 valence electrons. The zero-order valence-electron chi connectivity index (χ0n) is 9.65. The van der Waals surface area contributed by atoms with E-state index in [1.807, 2.05) is 6.07 Å². The van der Waals surface area contributed by atoms with Gasteiger partial charge < -0.3 is 4.74 Å². The van der Waals surface area contributed by atoms with Gasteiger partial charge in [-0.15, -0.1) is 0 Å². The van der Waals surface area contributed by atoms with E-state index in [1.54, 1.807) is 7.11 Å². The number of hydrogen-bond acceptors (Lipinski definition) is 2. The molecule has 2 nitrogen and oxygen atoms in total. The van der Waals surface area contributed by atoms with Crippen LogP contribution in [-0.4, -0.2) is 12.7 Å². The van der Waals surface area contributed by atoms with Crippen LogP contribution in [0, 0.1) is 11.3 Å². The molecule has 0 atom stereocenters. The van der Waals surface area contributed by atoms with E-state index < -0.39 is 5.60 Å². The van der Waals surface area contributed by atoms with Crippen molar-refractivity contribution >= 4 is 0 Å². The van der Waals surface area contributed by atoms with Crippen LogP contribution in [0.5, 0.6) is 0 Å². The highest BCUT2D eigenvalue weighted by molar-refractivity contribution is 5.21. The molecule has 0 heterocycles. The summed E-state index contributed by atoms with van der Waals surface area (Å²) in [5, 5.41) is 9.12. The summed E-state index contributed by atoms with van der Waals surface area (Å²) in [4.78, 5) is 0. The third-order valence-electron chi connectivity index (χ3n) is 3.66. The molecule has 1 aliphatic carbocycles. The van der Waals surface area contributed by atoms with E-state index in [0.717, 1.165) is 25.7 Å². The van der Waals surface area contributed by atoms with Gasteiger partial charge in [0.15, 0.2) is 5.60 Å². The zero-order valence-corrected chi connectivity index (χ0v) is 9.65. The van der Waals surface area contributed by atoms with Crippen LogP contribution in [0.1, 0.15) is 37.2 Å². The molecular weight excluding hydrogens is 198 g/mol. The lowest BCUT2D eigenvalue weighted by Crippen LogP contribution is -2.34. The molecule has 0 N–H and O–H groups in total. The summed E-state index contributed by atoms with van der Waals surface area (Å²) < 4.78 is 5.35. The summed E-state index contributed by atoms with van der Waals surface area (Å²) in [6, 6.07) is 12.9. The second-order valence-electron chi connectivity index (χ2n) is 4.50. The second-order valence-corrected chi connectivity index (χ2v) is 4.50. The molecule has 0 aromatic heterocycles. The fourth-order valence-electron chi connectivity index (χ4n) is 2.50. The number of methoxy groups -OCH3 is 1. The lowest BCUT2D eigenvalue weighted by atomic mass is 9.76. The summed E-state index contributed by atoms with van der Waals surface area (Å²) in [6.07, 6.45) is 3.79. The number of nitriles is 1.